The minimum Gasteiger partial charge on any atom is -0.494 e. The average Bonchev–Trinajstić information content (AvgIpc) is 2.66. The molecule has 5 nitrogen and oxygen atoms in total. The van der Waals surface area contributed by atoms with Gasteiger partial charge in [0.1, 0.15) is 29.2 Å². The highest BCUT2D eigenvalue weighted by atomic mass is 19.1. The highest BCUT2D eigenvalue weighted by molar-refractivity contribution is 5.96. The number of benzene rings is 2. The van der Waals surface area contributed by atoms with Crippen molar-refractivity contribution in [1.29, 1.82) is 0 Å². The number of nitrogens with one attached hydrogen (secondary N) is 1. The second-order valence-corrected chi connectivity index (χ2v) is 6.94. The van der Waals surface area contributed by atoms with Crippen LogP contribution in [0.15, 0.2) is 42.7 Å². The Morgan fingerprint density at radius 3 is 2.52 bits per heavy atom. The standard InChI is InChI=1S/C21H25FN4O/c1-14(9-10-26(2)3)25-21-18-11-16(15-5-7-17(22)8-6-15)12-19(27-4)20(18)23-13-24-21/h5-8,11-14H,9-10H2,1-4H3,(H,23,24,25). The summed E-state index contributed by atoms with van der Waals surface area (Å²) in [5.74, 6) is 1.18. The van der Waals surface area contributed by atoms with Crippen LogP contribution in [0.4, 0.5) is 10.2 Å². The zero-order valence-electron chi connectivity index (χ0n) is 16.2. The lowest BCUT2D eigenvalue weighted by molar-refractivity contribution is 0.390. The van der Waals surface area contributed by atoms with Gasteiger partial charge >= 0.3 is 0 Å². The SMILES string of the molecule is COc1cc(-c2ccc(F)cc2)cc2c(NC(C)CCN(C)C)ncnc12. The molecule has 142 valence electrons. The molecule has 0 spiro atoms. The number of anilines is 1. The van der Waals surface area contributed by atoms with Crippen LogP contribution in [-0.4, -0.2) is 48.7 Å². The summed E-state index contributed by atoms with van der Waals surface area (Å²) in [6, 6.07) is 10.6. The van der Waals surface area contributed by atoms with Crippen LogP contribution in [0.5, 0.6) is 5.75 Å². The molecule has 2 aromatic carbocycles. The predicted octanol–water partition coefficient (Wildman–Crippen LogP) is 4.20. The zero-order valence-corrected chi connectivity index (χ0v) is 16.2. The Morgan fingerprint density at radius 1 is 1.11 bits per heavy atom. The lowest BCUT2D eigenvalue weighted by atomic mass is 10.0. The van der Waals surface area contributed by atoms with E-state index >= 15 is 0 Å². The molecule has 0 aliphatic rings. The first-order valence-corrected chi connectivity index (χ1v) is 8.98. The van der Waals surface area contributed by atoms with Gasteiger partial charge in [-0.2, -0.15) is 0 Å². The van der Waals surface area contributed by atoms with Crippen molar-refractivity contribution in [3.05, 3.63) is 48.5 Å². The number of hydrogen-bond acceptors (Lipinski definition) is 5. The van der Waals surface area contributed by atoms with E-state index in [9.17, 15) is 4.39 Å². The Balaban J connectivity index is 2.02. The molecule has 27 heavy (non-hydrogen) atoms. The summed E-state index contributed by atoms with van der Waals surface area (Å²) in [6.07, 6.45) is 2.54. The van der Waals surface area contributed by atoms with E-state index in [0.717, 1.165) is 40.8 Å². The molecule has 1 aromatic heterocycles. The molecule has 1 N–H and O–H groups in total. The molecule has 0 saturated carbocycles. The van der Waals surface area contributed by atoms with Crippen molar-refractivity contribution in [2.75, 3.05) is 33.1 Å². The Labute approximate surface area is 159 Å². The Morgan fingerprint density at radius 2 is 1.85 bits per heavy atom. The average molecular weight is 368 g/mol. The third kappa shape index (κ3) is 4.52. The minimum absolute atomic E-state index is 0.256. The van der Waals surface area contributed by atoms with Crippen LogP contribution >= 0.6 is 0 Å². The Kier molecular flexibility index (Phi) is 5.86. The lowest BCUT2D eigenvalue weighted by Crippen LogP contribution is -2.23. The van der Waals surface area contributed by atoms with Gasteiger partial charge in [0.15, 0.2) is 0 Å². The van der Waals surface area contributed by atoms with Crippen molar-refractivity contribution in [1.82, 2.24) is 14.9 Å². The van der Waals surface area contributed by atoms with Crippen LogP contribution in [0.1, 0.15) is 13.3 Å². The topological polar surface area (TPSA) is 50.3 Å². The van der Waals surface area contributed by atoms with Gasteiger partial charge in [0.25, 0.3) is 0 Å². The lowest BCUT2D eigenvalue weighted by Gasteiger charge is -2.19. The van der Waals surface area contributed by atoms with E-state index in [0.29, 0.717) is 5.75 Å². The van der Waals surface area contributed by atoms with Gasteiger partial charge in [-0.05, 0) is 69.4 Å². The van der Waals surface area contributed by atoms with Crippen LogP contribution < -0.4 is 10.1 Å². The van der Waals surface area contributed by atoms with Crippen molar-refractivity contribution in [3.63, 3.8) is 0 Å². The van der Waals surface area contributed by atoms with Crippen LogP contribution in [0.2, 0.25) is 0 Å². The molecule has 0 radical (unpaired) electrons. The van der Waals surface area contributed by atoms with Crippen molar-refractivity contribution in [2.45, 2.75) is 19.4 Å². The molecular formula is C21H25FN4O. The first kappa shape index (κ1) is 19.0. The quantitative estimate of drug-likeness (QED) is 0.677. The smallest absolute Gasteiger partial charge is 0.145 e. The van der Waals surface area contributed by atoms with Crippen LogP contribution in [0.25, 0.3) is 22.0 Å². The fraction of sp³-hybridized carbons (Fsp3) is 0.333. The maximum Gasteiger partial charge on any atom is 0.145 e. The molecule has 0 saturated heterocycles. The molecular weight excluding hydrogens is 343 g/mol. The van der Waals surface area contributed by atoms with Gasteiger partial charge < -0.3 is 15.0 Å². The fourth-order valence-corrected chi connectivity index (χ4v) is 2.97. The van der Waals surface area contributed by atoms with Gasteiger partial charge in [0, 0.05) is 11.4 Å². The first-order chi connectivity index (χ1) is 13.0. The molecule has 0 amide bonds. The highest BCUT2D eigenvalue weighted by Gasteiger charge is 2.13. The summed E-state index contributed by atoms with van der Waals surface area (Å²) in [4.78, 5) is 11.0. The van der Waals surface area contributed by atoms with Crippen LogP contribution in [0, 0.1) is 5.82 Å². The highest BCUT2D eigenvalue weighted by Crippen LogP contribution is 2.34. The van der Waals surface area contributed by atoms with Crippen LogP contribution in [0.3, 0.4) is 0 Å². The van der Waals surface area contributed by atoms with E-state index in [1.807, 2.05) is 12.1 Å². The number of halogens is 1. The van der Waals surface area contributed by atoms with Gasteiger partial charge in [0.05, 0.1) is 7.11 Å². The van der Waals surface area contributed by atoms with E-state index in [-0.39, 0.29) is 11.9 Å². The summed E-state index contributed by atoms with van der Waals surface area (Å²) in [5, 5.41) is 4.37. The van der Waals surface area contributed by atoms with Crippen molar-refractivity contribution in [2.24, 2.45) is 0 Å². The second kappa shape index (κ2) is 8.31. The number of ether oxygens (including phenoxy) is 1. The molecule has 0 fully saturated rings. The Hall–Kier alpha value is -2.73. The number of aromatic nitrogens is 2. The summed E-state index contributed by atoms with van der Waals surface area (Å²) in [7, 11) is 5.75. The summed E-state index contributed by atoms with van der Waals surface area (Å²) < 4.78 is 18.8. The normalized spacial score (nSPS) is 12.4. The third-order valence-corrected chi connectivity index (χ3v) is 4.49. The molecule has 1 heterocycles. The first-order valence-electron chi connectivity index (χ1n) is 8.98. The van der Waals surface area contributed by atoms with E-state index in [4.69, 9.17) is 4.74 Å². The number of hydrogen-bond donors (Lipinski definition) is 1. The molecule has 0 aliphatic carbocycles. The maximum atomic E-state index is 13.3. The number of nitrogens with zero attached hydrogens (tertiary/aromatic N) is 3. The van der Waals surface area contributed by atoms with Crippen molar-refractivity contribution < 1.29 is 9.13 Å². The predicted molar refractivity (Wildman–Crippen MR) is 108 cm³/mol. The van der Waals surface area contributed by atoms with E-state index in [1.165, 1.54) is 12.1 Å². The third-order valence-electron chi connectivity index (χ3n) is 4.49. The molecule has 0 bridgehead atoms. The number of methoxy groups -OCH3 is 1. The zero-order chi connectivity index (χ0) is 19.4. The van der Waals surface area contributed by atoms with Crippen LogP contribution in [-0.2, 0) is 0 Å². The maximum absolute atomic E-state index is 13.3. The molecule has 6 heteroatoms. The number of fused-ring (bicyclic) bond motifs is 1. The van der Waals surface area contributed by atoms with Gasteiger partial charge in [0.2, 0.25) is 0 Å². The van der Waals surface area contributed by atoms with E-state index in [1.54, 1.807) is 25.6 Å². The van der Waals surface area contributed by atoms with Crippen molar-refractivity contribution >= 4 is 16.7 Å². The summed E-state index contributed by atoms with van der Waals surface area (Å²) in [6.45, 7) is 3.12. The molecule has 0 aliphatic heterocycles. The molecule has 3 rings (SSSR count). The summed E-state index contributed by atoms with van der Waals surface area (Å²) in [5.41, 5.74) is 2.59. The van der Waals surface area contributed by atoms with Gasteiger partial charge in [-0.3, -0.25) is 0 Å². The largest absolute Gasteiger partial charge is 0.494 e. The fourth-order valence-electron chi connectivity index (χ4n) is 2.97. The van der Waals surface area contributed by atoms with E-state index < -0.39 is 0 Å². The number of rotatable bonds is 7. The van der Waals surface area contributed by atoms with Gasteiger partial charge in [-0.1, -0.05) is 12.1 Å². The minimum atomic E-state index is -0.257. The monoisotopic (exact) mass is 368 g/mol. The summed E-state index contributed by atoms with van der Waals surface area (Å²) >= 11 is 0. The van der Waals surface area contributed by atoms with E-state index in [2.05, 4.69) is 41.2 Å². The molecule has 1 unspecified atom stereocenters. The Bertz CT molecular complexity index is 912. The molecule has 3 aromatic rings. The van der Waals surface area contributed by atoms with Gasteiger partial charge in [-0.15, -0.1) is 0 Å². The molecule has 1 atom stereocenters. The second-order valence-electron chi connectivity index (χ2n) is 6.94. The van der Waals surface area contributed by atoms with Gasteiger partial charge in [-0.25, -0.2) is 14.4 Å². The van der Waals surface area contributed by atoms with Crippen molar-refractivity contribution in [3.8, 4) is 16.9 Å².